The third-order valence-electron chi connectivity index (χ3n) is 6.63. The van der Waals surface area contributed by atoms with Crippen LogP contribution in [-0.4, -0.2) is 53.5 Å². The lowest BCUT2D eigenvalue weighted by molar-refractivity contribution is -0.129. The first kappa shape index (κ1) is 19.8. The van der Waals surface area contributed by atoms with Gasteiger partial charge in [-0.05, 0) is 55.0 Å². The van der Waals surface area contributed by atoms with Gasteiger partial charge in [0.2, 0.25) is 5.91 Å². The zero-order valence-corrected chi connectivity index (χ0v) is 18.3. The third-order valence-corrected chi connectivity index (χ3v) is 6.63. The van der Waals surface area contributed by atoms with E-state index >= 15 is 0 Å². The number of aromatic nitrogens is 2. The molecular weight excluding hydrogens is 386 g/mol. The lowest BCUT2D eigenvalue weighted by Crippen LogP contribution is -2.41. The quantitative estimate of drug-likeness (QED) is 0.698. The molecule has 1 aromatic heterocycles. The van der Waals surface area contributed by atoms with Crippen LogP contribution in [-0.2, 0) is 11.2 Å². The van der Waals surface area contributed by atoms with E-state index in [0.717, 1.165) is 61.2 Å². The molecule has 2 aliphatic heterocycles. The summed E-state index contributed by atoms with van der Waals surface area (Å²) < 4.78 is 0. The zero-order valence-electron chi connectivity index (χ0n) is 18.3. The number of likely N-dealkylation sites (tertiary alicyclic amines) is 1. The molecule has 1 fully saturated rings. The number of amides is 1. The van der Waals surface area contributed by atoms with Crippen molar-refractivity contribution in [1.29, 1.82) is 0 Å². The average molecular weight is 416 g/mol. The Bertz CT molecular complexity index is 1120. The van der Waals surface area contributed by atoms with Crippen LogP contribution in [0.1, 0.15) is 31.7 Å². The van der Waals surface area contributed by atoms with Crippen molar-refractivity contribution >= 4 is 28.3 Å². The van der Waals surface area contributed by atoms with Crippen molar-refractivity contribution in [2.75, 3.05) is 36.9 Å². The van der Waals surface area contributed by atoms with Gasteiger partial charge in [-0.3, -0.25) is 14.8 Å². The maximum atomic E-state index is 11.6. The minimum atomic E-state index is 0.166. The highest BCUT2D eigenvalue weighted by Gasteiger charge is 2.21. The highest BCUT2D eigenvalue weighted by molar-refractivity contribution is 5.95. The molecule has 1 amide bonds. The molecule has 6 heteroatoms. The van der Waals surface area contributed by atoms with Crippen molar-refractivity contribution in [1.82, 2.24) is 14.9 Å². The van der Waals surface area contributed by atoms with Crippen LogP contribution in [0.25, 0.3) is 22.2 Å². The van der Waals surface area contributed by atoms with Gasteiger partial charge in [0.25, 0.3) is 0 Å². The smallest absolute Gasteiger partial charge is 0.219 e. The summed E-state index contributed by atoms with van der Waals surface area (Å²) in [6.07, 6.45) is 7.77. The summed E-state index contributed by atoms with van der Waals surface area (Å²) in [6.45, 7) is 4.37. The van der Waals surface area contributed by atoms with E-state index in [0.29, 0.717) is 6.04 Å². The van der Waals surface area contributed by atoms with Crippen LogP contribution in [0, 0.1) is 0 Å². The molecule has 6 nitrogen and oxygen atoms in total. The molecular formula is C25H29N5O. The van der Waals surface area contributed by atoms with Gasteiger partial charge >= 0.3 is 0 Å². The number of rotatable bonds is 3. The van der Waals surface area contributed by atoms with Gasteiger partial charge in [0.05, 0.1) is 11.0 Å². The number of benzene rings is 2. The van der Waals surface area contributed by atoms with Crippen LogP contribution in [0.15, 0.2) is 42.7 Å². The predicted octanol–water partition coefficient (Wildman–Crippen LogP) is 4.10. The van der Waals surface area contributed by atoms with E-state index in [1.807, 2.05) is 4.90 Å². The lowest BCUT2D eigenvalue weighted by Gasteiger charge is -2.32. The minimum absolute atomic E-state index is 0.166. The first-order valence-electron chi connectivity index (χ1n) is 11.2. The molecule has 1 saturated heterocycles. The van der Waals surface area contributed by atoms with Crippen LogP contribution < -0.4 is 10.2 Å². The van der Waals surface area contributed by atoms with E-state index in [9.17, 15) is 4.79 Å². The number of aryl methyl sites for hydroxylation is 1. The summed E-state index contributed by atoms with van der Waals surface area (Å²) >= 11 is 0. The number of fused-ring (bicyclic) bond motifs is 2. The zero-order chi connectivity index (χ0) is 21.4. The number of carbonyl (C=O) groups excluding carboxylic acids is 1. The Labute approximate surface area is 183 Å². The largest absolute Gasteiger partial charge is 0.382 e. The number of hydrogen-bond acceptors (Lipinski definition) is 5. The Morgan fingerprint density at radius 3 is 2.68 bits per heavy atom. The Morgan fingerprint density at radius 2 is 1.87 bits per heavy atom. The van der Waals surface area contributed by atoms with Gasteiger partial charge in [0.1, 0.15) is 0 Å². The number of nitrogens with one attached hydrogen (secondary N) is 1. The number of carbonyl (C=O) groups is 1. The molecule has 5 rings (SSSR count). The highest BCUT2D eigenvalue weighted by atomic mass is 16.2. The van der Waals surface area contributed by atoms with Crippen molar-refractivity contribution in [2.45, 2.75) is 38.6 Å². The van der Waals surface area contributed by atoms with E-state index in [4.69, 9.17) is 0 Å². The normalized spacial score (nSPS) is 17.0. The summed E-state index contributed by atoms with van der Waals surface area (Å²) in [6, 6.07) is 11.4. The molecule has 0 atom stereocenters. The number of hydrogen-bond donors (Lipinski definition) is 1. The summed E-state index contributed by atoms with van der Waals surface area (Å²) in [5.41, 5.74) is 7.90. The number of nitrogens with zero attached hydrogens (tertiary/aromatic N) is 4. The summed E-state index contributed by atoms with van der Waals surface area (Å²) in [4.78, 5) is 25.2. The van der Waals surface area contributed by atoms with Crippen molar-refractivity contribution in [2.24, 2.45) is 0 Å². The Morgan fingerprint density at radius 1 is 1.06 bits per heavy atom. The van der Waals surface area contributed by atoms with E-state index < -0.39 is 0 Å². The number of piperidine rings is 1. The van der Waals surface area contributed by atoms with Gasteiger partial charge in [-0.15, -0.1) is 0 Å². The molecule has 0 bridgehead atoms. The summed E-state index contributed by atoms with van der Waals surface area (Å²) in [5.74, 6) is 0.166. The van der Waals surface area contributed by atoms with E-state index in [1.54, 1.807) is 19.3 Å². The maximum absolute atomic E-state index is 11.6. The van der Waals surface area contributed by atoms with Crippen molar-refractivity contribution in [3.63, 3.8) is 0 Å². The molecule has 2 aromatic carbocycles. The Hall–Kier alpha value is -3.15. The van der Waals surface area contributed by atoms with E-state index in [-0.39, 0.29) is 5.91 Å². The Balaban J connectivity index is 1.49. The molecule has 0 unspecified atom stereocenters. The van der Waals surface area contributed by atoms with Crippen LogP contribution >= 0.6 is 0 Å². The highest BCUT2D eigenvalue weighted by Crippen LogP contribution is 2.35. The Kier molecular flexibility index (Phi) is 5.22. The lowest BCUT2D eigenvalue weighted by atomic mass is 9.95. The molecule has 31 heavy (non-hydrogen) atoms. The molecule has 3 aromatic rings. The fourth-order valence-electron chi connectivity index (χ4n) is 4.88. The molecule has 0 spiro atoms. The van der Waals surface area contributed by atoms with Gasteiger partial charge < -0.3 is 15.1 Å². The van der Waals surface area contributed by atoms with Crippen molar-refractivity contribution in [3.05, 3.63) is 48.3 Å². The SMILES string of the molecule is CC(=O)N1CCC(Nc2cc(-c3ccc4c(c3)N(C)CCC4)c3nccnc3c2)CC1. The fourth-order valence-corrected chi connectivity index (χ4v) is 4.88. The maximum Gasteiger partial charge on any atom is 0.219 e. The minimum Gasteiger partial charge on any atom is -0.382 e. The number of anilines is 2. The summed E-state index contributed by atoms with van der Waals surface area (Å²) in [7, 11) is 2.17. The van der Waals surface area contributed by atoms with Gasteiger partial charge in [-0.25, -0.2) is 0 Å². The molecule has 3 heterocycles. The molecule has 2 aliphatic rings. The molecule has 0 saturated carbocycles. The monoisotopic (exact) mass is 415 g/mol. The van der Waals surface area contributed by atoms with Crippen LogP contribution in [0.4, 0.5) is 11.4 Å². The average Bonchev–Trinajstić information content (AvgIpc) is 2.79. The van der Waals surface area contributed by atoms with Crippen LogP contribution in [0.2, 0.25) is 0 Å². The van der Waals surface area contributed by atoms with Crippen molar-refractivity contribution in [3.8, 4) is 11.1 Å². The third kappa shape index (κ3) is 3.94. The van der Waals surface area contributed by atoms with Gasteiger partial charge in [-0.2, -0.15) is 0 Å². The van der Waals surface area contributed by atoms with Gasteiger partial charge in [0.15, 0.2) is 0 Å². The first-order chi connectivity index (χ1) is 15.1. The second-order valence-corrected chi connectivity index (χ2v) is 8.74. The predicted molar refractivity (Wildman–Crippen MR) is 125 cm³/mol. The second-order valence-electron chi connectivity index (χ2n) is 8.74. The standard InChI is InChI=1S/C25H29N5O/c1-17(31)30-12-7-20(8-13-30)28-21-15-22(25-23(16-21)26-9-10-27-25)19-6-5-18-4-3-11-29(2)24(18)14-19/h5-6,9-10,14-16,20,28H,3-4,7-8,11-13H2,1-2H3. The first-order valence-corrected chi connectivity index (χ1v) is 11.2. The van der Waals surface area contributed by atoms with Crippen molar-refractivity contribution < 1.29 is 4.79 Å². The van der Waals surface area contributed by atoms with Gasteiger partial charge in [-0.1, -0.05) is 12.1 Å². The van der Waals surface area contributed by atoms with Gasteiger partial charge in [0, 0.05) is 69.0 Å². The molecule has 0 aliphatic carbocycles. The fraction of sp³-hybridized carbons (Fsp3) is 0.400. The molecule has 160 valence electrons. The summed E-state index contributed by atoms with van der Waals surface area (Å²) in [5, 5.41) is 3.70. The van der Waals surface area contributed by atoms with E-state index in [2.05, 4.69) is 57.6 Å². The van der Waals surface area contributed by atoms with Crippen LogP contribution in [0.3, 0.4) is 0 Å². The topological polar surface area (TPSA) is 61.4 Å². The molecule has 0 radical (unpaired) electrons. The second kappa shape index (κ2) is 8.17. The van der Waals surface area contributed by atoms with E-state index in [1.165, 1.54) is 23.2 Å². The molecule has 1 N–H and O–H groups in total. The van der Waals surface area contributed by atoms with Crippen LogP contribution in [0.5, 0.6) is 0 Å².